The predicted molar refractivity (Wildman–Crippen MR) is 78.0 cm³/mol. The van der Waals surface area contributed by atoms with Gasteiger partial charge in [0.2, 0.25) is 10.0 Å². The summed E-state index contributed by atoms with van der Waals surface area (Å²) in [5.41, 5.74) is 1.61. The van der Waals surface area contributed by atoms with Gasteiger partial charge in [-0.25, -0.2) is 8.42 Å². The third kappa shape index (κ3) is 2.67. The van der Waals surface area contributed by atoms with Crippen molar-refractivity contribution < 1.29 is 13.5 Å². The molecule has 0 bridgehead atoms. The minimum absolute atomic E-state index is 0.0535. The Morgan fingerprint density at radius 3 is 2.70 bits per heavy atom. The van der Waals surface area contributed by atoms with Crippen molar-refractivity contribution in [1.82, 2.24) is 9.29 Å². The summed E-state index contributed by atoms with van der Waals surface area (Å²) in [4.78, 5) is 4.46. The lowest BCUT2D eigenvalue weighted by atomic mass is 10.1. The van der Waals surface area contributed by atoms with Crippen LogP contribution in [0.15, 0.2) is 35.4 Å². The normalized spacial score (nSPS) is 13.8. The molecular formula is C14H18N2O3S. The largest absolute Gasteiger partial charge is 0.392 e. The summed E-state index contributed by atoms with van der Waals surface area (Å²) in [6.07, 6.45) is 0.926. The first kappa shape index (κ1) is 14.9. The highest BCUT2D eigenvalue weighted by Crippen LogP contribution is 2.26. The summed E-state index contributed by atoms with van der Waals surface area (Å²) in [6.45, 7) is 3.50. The van der Waals surface area contributed by atoms with Crippen molar-refractivity contribution in [3.63, 3.8) is 0 Å². The highest BCUT2D eigenvalue weighted by atomic mass is 32.2. The molecule has 0 saturated carbocycles. The molecule has 0 saturated heterocycles. The second-order valence-electron chi connectivity index (χ2n) is 4.91. The van der Waals surface area contributed by atoms with Crippen molar-refractivity contribution in [1.29, 1.82) is 0 Å². The lowest BCUT2D eigenvalue weighted by Gasteiger charge is -2.19. The second-order valence-corrected chi connectivity index (χ2v) is 6.93. The maximum Gasteiger partial charge on any atom is 0.243 e. The fourth-order valence-corrected chi connectivity index (χ4v) is 3.58. The van der Waals surface area contributed by atoms with E-state index in [4.69, 9.17) is 0 Å². The quantitative estimate of drug-likeness (QED) is 0.928. The first-order valence-electron chi connectivity index (χ1n) is 6.33. The maximum atomic E-state index is 12.6. The molecule has 0 radical (unpaired) electrons. The average molecular weight is 294 g/mol. The number of hydrogen-bond donors (Lipinski definition) is 1. The van der Waals surface area contributed by atoms with Crippen molar-refractivity contribution in [3.8, 4) is 0 Å². The minimum Gasteiger partial charge on any atom is -0.392 e. The van der Waals surface area contributed by atoms with E-state index in [1.54, 1.807) is 37.4 Å². The Labute approximate surface area is 118 Å². The molecule has 0 fully saturated rings. The van der Waals surface area contributed by atoms with Crippen LogP contribution in [0.5, 0.6) is 0 Å². The fourth-order valence-electron chi connectivity index (χ4n) is 2.15. The van der Waals surface area contributed by atoms with E-state index in [9.17, 15) is 13.5 Å². The summed E-state index contributed by atoms with van der Waals surface area (Å²) in [6, 6.07) is 6.81. The number of nitrogens with zero attached hydrogens (tertiary/aromatic N) is 2. The molecule has 2 aromatic rings. The van der Waals surface area contributed by atoms with E-state index in [1.165, 1.54) is 7.05 Å². The number of aliphatic hydroxyl groups excluding tert-OH is 1. The van der Waals surface area contributed by atoms with E-state index >= 15 is 0 Å². The zero-order valence-corrected chi connectivity index (χ0v) is 12.6. The maximum absolute atomic E-state index is 12.6. The monoisotopic (exact) mass is 294 g/mol. The van der Waals surface area contributed by atoms with Gasteiger partial charge in [-0.05, 0) is 37.6 Å². The van der Waals surface area contributed by atoms with E-state index in [-0.39, 0.29) is 11.4 Å². The first-order chi connectivity index (χ1) is 9.34. The predicted octanol–water partition coefficient (Wildman–Crippen LogP) is 1.54. The SMILES string of the molecule is Cc1ccc(S(=O)(=O)N(C)CC(C)O)c2cccnc12. The zero-order chi connectivity index (χ0) is 14.9. The van der Waals surface area contributed by atoms with Gasteiger partial charge in [0.15, 0.2) is 0 Å². The van der Waals surface area contributed by atoms with Crippen molar-refractivity contribution in [2.24, 2.45) is 0 Å². The number of aromatic nitrogens is 1. The topological polar surface area (TPSA) is 70.5 Å². The van der Waals surface area contributed by atoms with Gasteiger partial charge in [-0.15, -0.1) is 0 Å². The van der Waals surface area contributed by atoms with Gasteiger partial charge >= 0.3 is 0 Å². The Morgan fingerprint density at radius 1 is 1.35 bits per heavy atom. The average Bonchev–Trinajstić information content (AvgIpc) is 2.38. The number of aryl methyl sites for hydroxylation is 1. The van der Waals surface area contributed by atoms with Crippen molar-refractivity contribution in [2.45, 2.75) is 24.8 Å². The van der Waals surface area contributed by atoms with Gasteiger partial charge in [-0.1, -0.05) is 6.07 Å². The molecule has 0 aliphatic heterocycles. The van der Waals surface area contributed by atoms with Gasteiger partial charge in [0.1, 0.15) is 0 Å². The molecule has 1 heterocycles. The molecule has 6 heteroatoms. The Hall–Kier alpha value is -1.50. The summed E-state index contributed by atoms with van der Waals surface area (Å²) in [5, 5.41) is 9.97. The van der Waals surface area contributed by atoms with E-state index < -0.39 is 16.1 Å². The molecule has 108 valence electrons. The molecule has 1 unspecified atom stereocenters. The molecule has 1 atom stereocenters. The number of pyridine rings is 1. The van der Waals surface area contributed by atoms with Crippen LogP contribution in [0.3, 0.4) is 0 Å². The van der Waals surface area contributed by atoms with Crippen LogP contribution in [0.2, 0.25) is 0 Å². The van der Waals surface area contributed by atoms with Crippen LogP contribution in [0.25, 0.3) is 10.9 Å². The fraction of sp³-hybridized carbons (Fsp3) is 0.357. The molecule has 1 aromatic heterocycles. The number of sulfonamides is 1. The van der Waals surface area contributed by atoms with Crippen LogP contribution in [0.1, 0.15) is 12.5 Å². The molecule has 0 aliphatic carbocycles. The van der Waals surface area contributed by atoms with Crippen LogP contribution >= 0.6 is 0 Å². The van der Waals surface area contributed by atoms with Crippen LogP contribution in [0, 0.1) is 6.92 Å². The summed E-state index contributed by atoms with van der Waals surface area (Å²) < 4.78 is 26.3. The second kappa shape index (κ2) is 5.47. The smallest absolute Gasteiger partial charge is 0.243 e. The molecule has 0 spiro atoms. The van der Waals surface area contributed by atoms with E-state index in [1.807, 2.05) is 6.92 Å². The minimum atomic E-state index is -3.64. The van der Waals surface area contributed by atoms with Gasteiger partial charge in [0.05, 0.1) is 16.5 Å². The first-order valence-corrected chi connectivity index (χ1v) is 7.77. The molecule has 20 heavy (non-hydrogen) atoms. The van der Waals surface area contributed by atoms with Crippen LogP contribution in [-0.4, -0.2) is 42.5 Å². The van der Waals surface area contributed by atoms with Crippen molar-refractivity contribution >= 4 is 20.9 Å². The molecule has 2 rings (SSSR count). The van der Waals surface area contributed by atoms with E-state index in [0.29, 0.717) is 10.9 Å². The highest BCUT2D eigenvalue weighted by Gasteiger charge is 2.24. The number of aliphatic hydroxyl groups is 1. The highest BCUT2D eigenvalue weighted by molar-refractivity contribution is 7.89. The summed E-state index contributed by atoms with van der Waals surface area (Å²) in [7, 11) is -2.18. The van der Waals surface area contributed by atoms with Crippen LogP contribution in [-0.2, 0) is 10.0 Å². The summed E-state index contributed by atoms with van der Waals surface area (Å²) in [5.74, 6) is 0. The number of hydrogen-bond acceptors (Lipinski definition) is 4. The Bertz CT molecular complexity index is 726. The van der Waals surface area contributed by atoms with Gasteiger partial charge in [-0.2, -0.15) is 4.31 Å². The van der Waals surface area contributed by atoms with Crippen LogP contribution < -0.4 is 0 Å². The van der Waals surface area contributed by atoms with Gasteiger partial charge in [0.25, 0.3) is 0 Å². The molecule has 5 nitrogen and oxygen atoms in total. The molecular weight excluding hydrogens is 276 g/mol. The lowest BCUT2D eigenvalue weighted by Crippen LogP contribution is -2.33. The standard InChI is InChI=1S/C14H18N2O3S/c1-10-6-7-13(12-5-4-8-15-14(10)12)20(18,19)16(3)9-11(2)17/h4-8,11,17H,9H2,1-3H3. The number of fused-ring (bicyclic) bond motifs is 1. The Kier molecular flexibility index (Phi) is 4.08. The zero-order valence-electron chi connectivity index (χ0n) is 11.7. The van der Waals surface area contributed by atoms with Crippen molar-refractivity contribution in [3.05, 3.63) is 36.0 Å². The number of likely N-dealkylation sites (N-methyl/N-ethyl adjacent to an activating group) is 1. The van der Waals surface area contributed by atoms with E-state index in [0.717, 1.165) is 9.87 Å². The number of rotatable bonds is 4. The van der Waals surface area contributed by atoms with Gasteiger partial charge in [0, 0.05) is 25.2 Å². The molecule has 1 N–H and O–H groups in total. The van der Waals surface area contributed by atoms with Crippen LogP contribution in [0.4, 0.5) is 0 Å². The van der Waals surface area contributed by atoms with Crippen molar-refractivity contribution in [2.75, 3.05) is 13.6 Å². The molecule has 1 aromatic carbocycles. The Balaban J connectivity index is 2.61. The summed E-state index contributed by atoms with van der Waals surface area (Å²) >= 11 is 0. The Morgan fingerprint density at radius 2 is 2.05 bits per heavy atom. The third-order valence-corrected chi connectivity index (χ3v) is 5.02. The molecule has 0 aliphatic rings. The lowest BCUT2D eigenvalue weighted by molar-refractivity contribution is 0.171. The van der Waals surface area contributed by atoms with Gasteiger partial charge in [-0.3, -0.25) is 4.98 Å². The third-order valence-electron chi connectivity index (χ3n) is 3.14. The van der Waals surface area contributed by atoms with Gasteiger partial charge < -0.3 is 5.11 Å². The number of benzene rings is 1. The van der Waals surface area contributed by atoms with E-state index in [2.05, 4.69) is 4.98 Å². The molecule has 0 amide bonds.